The lowest BCUT2D eigenvalue weighted by Crippen LogP contribution is -2.18. The van der Waals surface area contributed by atoms with Crippen molar-refractivity contribution in [3.8, 4) is 0 Å². The third-order valence-electron chi connectivity index (χ3n) is 3.28. The second kappa shape index (κ2) is 5.15. The zero-order valence-corrected chi connectivity index (χ0v) is 11.8. The fourth-order valence-electron chi connectivity index (χ4n) is 2.07. The number of nitrogens with zero attached hydrogens (tertiary/aromatic N) is 2. The average Bonchev–Trinajstić information content (AvgIpc) is 2.87. The molecule has 5 nitrogen and oxygen atoms in total. The molecule has 2 unspecified atom stereocenters. The monoisotopic (exact) mass is 264 g/mol. The fourth-order valence-corrected chi connectivity index (χ4v) is 2.07. The average molecular weight is 264 g/mol. The maximum absolute atomic E-state index is 11.4. The summed E-state index contributed by atoms with van der Waals surface area (Å²) >= 11 is 0. The van der Waals surface area contributed by atoms with Crippen LogP contribution in [0.5, 0.6) is 0 Å². The van der Waals surface area contributed by atoms with Gasteiger partial charge in [0.2, 0.25) is 5.89 Å². The van der Waals surface area contributed by atoms with E-state index in [4.69, 9.17) is 9.26 Å². The number of carbonyl (C=O) groups excluding carboxylic acids is 1. The standard InChI is InChI=1S/C14H20N2O3/c1-14(2,3)13-15-11(16-19-13)9-5-7-10(8-6-9)12(17)18-4/h5,7,9-10H,6,8H2,1-4H3. The van der Waals surface area contributed by atoms with E-state index in [9.17, 15) is 4.79 Å². The van der Waals surface area contributed by atoms with Crippen molar-refractivity contribution in [1.82, 2.24) is 10.1 Å². The van der Waals surface area contributed by atoms with E-state index in [0.717, 1.165) is 12.8 Å². The van der Waals surface area contributed by atoms with Crippen LogP contribution >= 0.6 is 0 Å². The van der Waals surface area contributed by atoms with Crippen LogP contribution in [0.3, 0.4) is 0 Å². The van der Waals surface area contributed by atoms with Gasteiger partial charge in [0, 0.05) is 11.3 Å². The highest BCUT2D eigenvalue weighted by Crippen LogP contribution is 2.30. The Morgan fingerprint density at radius 1 is 1.37 bits per heavy atom. The first-order chi connectivity index (χ1) is 8.91. The van der Waals surface area contributed by atoms with E-state index in [1.165, 1.54) is 7.11 Å². The highest BCUT2D eigenvalue weighted by Gasteiger charge is 2.28. The maximum Gasteiger partial charge on any atom is 0.312 e. The molecule has 0 saturated heterocycles. The quantitative estimate of drug-likeness (QED) is 0.606. The molecule has 19 heavy (non-hydrogen) atoms. The second-order valence-electron chi connectivity index (χ2n) is 5.91. The number of allylic oxidation sites excluding steroid dienone is 1. The summed E-state index contributed by atoms with van der Waals surface area (Å²) in [6.45, 7) is 6.11. The van der Waals surface area contributed by atoms with E-state index in [0.29, 0.717) is 11.7 Å². The zero-order chi connectivity index (χ0) is 14.0. The molecule has 0 amide bonds. The Bertz CT molecular complexity index is 485. The van der Waals surface area contributed by atoms with Gasteiger partial charge in [0.15, 0.2) is 5.82 Å². The van der Waals surface area contributed by atoms with E-state index in [1.54, 1.807) is 0 Å². The molecule has 5 heteroatoms. The van der Waals surface area contributed by atoms with Gasteiger partial charge in [-0.2, -0.15) is 4.98 Å². The number of aromatic nitrogens is 2. The Kier molecular flexibility index (Phi) is 3.73. The molecule has 0 saturated carbocycles. The molecule has 1 heterocycles. The molecule has 1 aliphatic rings. The predicted octanol–water partition coefficient (Wildman–Crippen LogP) is 2.59. The fraction of sp³-hybridized carbons (Fsp3) is 0.643. The molecule has 0 fully saturated rings. The van der Waals surface area contributed by atoms with Crippen molar-refractivity contribution in [3.05, 3.63) is 23.9 Å². The van der Waals surface area contributed by atoms with Gasteiger partial charge in [-0.1, -0.05) is 38.1 Å². The van der Waals surface area contributed by atoms with Crippen LogP contribution < -0.4 is 0 Å². The van der Waals surface area contributed by atoms with Crippen LogP contribution in [-0.4, -0.2) is 23.2 Å². The van der Waals surface area contributed by atoms with E-state index in [-0.39, 0.29) is 23.2 Å². The first kappa shape index (κ1) is 13.8. The lowest BCUT2D eigenvalue weighted by Gasteiger charge is -2.18. The van der Waals surface area contributed by atoms with Crippen molar-refractivity contribution < 1.29 is 14.1 Å². The smallest absolute Gasteiger partial charge is 0.312 e. The summed E-state index contributed by atoms with van der Waals surface area (Å²) < 4.78 is 10.0. The van der Waals surface area contributed by atoms with Crippen LogP contribution in [0.15, 0.2) is 16.7 Å². The molecule has 0 N–H and O–H groups in total. The SMILES string of the molecule is COC(=O)C1C=CC(c2noc(C(C)(C)C)n2)CC1. The molecular formula is C14H20N2O3. The molecule has 104 valence electrons. The van der Waals surface area contributed by atoms with Crippen LogP contribution in [0.25, 0.3) is 0 Å². The van der Waals surface area contributed by atoms with Gasteiger partial charge in [-0.3, -0.25) is 4.79 Å². The Balaban J connectivity index is 2.09. The van der Waals surface area contributed by atoms with Crippen molar-refractivity contribution in [2.24, 2.45) is 5.92 Å². The lowest BCUT2D eigenvalue weighted by molar-refractivity contribution is -0.144. The molecule has 2 rings (SSSR count). The summed E-state index contributed by atoms with van der Waals surface area (Å²) in [7, 11) is 1.41. The zero-order valence-electron chi connectivity index (χ0n) is 11.8. The number of carbonyl (C=O) groups is 1. The van der Waals surface area contributed by atoms with Crippen molar-refractivity contribution in [3.63, 3.8) is 0 Å². The van der Waals surface area contributed by atoms with Crippen LogP contribution in [0.1, 0.15) is 51.2 Å². The highest BCUT2D eigenvalue weighted by atomic mass is 16.5. The van der Waals surface area contributed by atoms with Gasteiger partial charge >= 0.3 is 5.97 Å². The van der Waals surface area contributed by atoms with Gasteiger partial charge in [-0.15, -0.1) is 0 Å². The van der Waals surface area contributed by atoms with Crippen LogP contribution in [-0.2, 0) is 14.9 Å². The number of rotatable bonds is 2. The van der Waals surface area contributed by atoms with E-state index in [1.807, 2.05) is 32.9 Å². The Hall–Kier alpha value is -1.65. The van der Waals surface area contributed by atoms with Gasteiger partial charge in [-0.05, 0) is 12.8 Å². The van der Waals surface area contributed by atoms with Gasteiger partial charge in [0.25, 0.3) is 0 Å². The lowest BCUT2D eigenvalue weighted by atomic mass is 9.88. The number of ether oxygens (including phenoxy) is 1. The van der Waals surface area contributed by atoms with Crippen molar-refractivity contribution >= 4 is 5.97 Å². The molecule has 1 aromatic heterocycles. The number of hydrogen-bond donors (Lipinski definition) is 0. The Labute approximate surface area is 113 Å². The summed E-state index contributed by atoms with van der Waals surface area (Å²) in [6.07, 6.45) is 5.45. The summed E-state index contributed by atoms with van der Waals surface area (Å²) in [5, 5.41) is 4.04. The molecule has 0 spiro atoms. The highest BCUT2D eigenvalue weighted by molar-refractivity contribution is 5.74. The number of methoxy groups -OCH3 is 1. The normalized spacial score (nSPS) is 23.4. The minimum Gasteiger partial charge on any atom is -0.469 e. The molecule has 1 aliphatic carbocycles. The van der Waals surface area contributed by atoms with E-state index < -0.39 is 0 Å². The van der Waals surface area contributed by atoms with Crippen molar-refractivity contribution in [2.75, 3.05) is 7.11 Å². The van der Waals surface area contributed by atoms with Gasteiger partial charge < -0.3 is 9.26 Å². The molecule has 0 radical (unpaired) electrons. The topological polar surface area (TPSA) is 65.2 Å². The van der Waals surface area contributed by atoms with Crippen LogP contribution in [0, 0.1) is 5.92 Å². The minimum absolute atomic E-state index is 0.126. The van der Waals surface area contributed by atoms with E-state index in [2.05, 4.69) is 10.1 Å². The predicted molar refractivity (Wildman–Crippen MR) is 69.6 cm³/mol. The molecule has 1 aromatic rings. The summed E-state index contributed by atoms with van der Waals surface area (Å²) in [5.74, 6) is 1.14. The maximum atomic E-state index is 11.4. The molecule has 0 bridgehead atoms. The Morgan fingerprint density at radius 2 is 2.11 bits per heavy atom. The molecule has 2 atom stereocenters. The van der Waals surface area contributed by atoms with E-state index >= 15 is 0 Å². The van der Waals surface area contributed by atoms with Crippen molar-refractivity contribution in [1.29, 1.82) is 0 Å². The summed E-state index contributed by atoms with van der Waals surface area (Å²) in [6, 6.07) is 0. The Morgan fingerprint density at radius 3 is 2.58 bits per heavy atom. The van der Waals surface area contributed by atoms with Crippen LogP contribution in [0.2, 0.25) is 0 Å². The van der Waals surface area contributed by atoms with Gasteiger partial charge in [0.05, 0.1) is 13.0 Å². The first-order valence-electron chi connectivity index (χ1n) is 6.52. The largest absolute Gasteiger partial charge is 0.469 e. The molecule has 0 aromatic carbocycles. The summed E-state index contributed by atoms with van der Waals surface area (Å²) in [4.78, 5) is 15.9. The second-order valence-corrected chi connectivity index (χ2v) is 5.91. The molecule has 0 aliphatic heterocycles. The summed E-state index contributed by atoms with van der Waals surface area (Å²) in [5.41, 5.74) is -0.141. The number of esters is 1. The van der Waals surface area contributed by atoms with Crippen molar-refractivity contribution in [2.45, 2.75) is 44.9 Å². The molecular weight excluding hydrogens is 244 g/mol. The third-order valence-corrected chi connectivity index (χ3v) is 3.28. The third kappa shape index (κ3) is 3.03. The van der Waals surface area contributed by atoms with Gasteiger partial charge in [0.1, 0.15) is 0 Å². The van der Waals surface area contributed by atoms with Gasteiger partial charge in [-0.25, -0.2) is 0 Å². The van der Waals surface area contributed by atoms with Crippen LogP contribution in [0.4, 0.5) is 0 Å². The minimum atomic E-state index is -0.182. The first-order valence-corrected chi connectivity index (χ1v) is 6.52. The number of hydrogen-bond acceptors (Lipinski definition) is 5.